The first kappa shape index (κ1) is 16.8. The lowest BCUT2D eigenvalue weighted by molar-refractivity contribution is -0.117. The fourth-order valence-electron chi connectivity index (χ4n) is 2.85. The Morgan fingerprint density at radius 2 is 1.92 bits per heavy atom. The maximum atomic E-state index is 12.6. The highest BCUT2D eigenvalue weighted by Gasteiger charge is 2.30. The lowest BCUT2D eigenvalue weighted by Crippen LogP contribution is -2.39. The Morgan fingerprint density at radius 1 is 1.17 bits per heavy atom. The highest BCUT2D eigenvalue weighted by atomic mass is 35.5. The van der Waals surface area contributed by atoms with Gasteiger partial charge in [0, 0.05) is 25.2 Å². The van der Waals surface area contributed by atoms with Crippen LogP contribution in [0.3, 0.4) is 0 Å². The first-order valence-electron chi connectivity index (χ1n) is 7.88. The van der Waals surface area contributed by atoms with Crippen LogP contribution in [0.4, 0.5) is 11.4 Å². The van der Waals surface area contributed by atoms with Gasteiger partial charge in [-0.3, -0.25) is 4.79 Å². The molecule has 1 amide bonds. The predicted molar refractivity (Wildman–Crippen MR) is 98.3 cm³/mol. The average molecular weight is 345 g/mol. The van der Waals surface area contributed by atoms with Crippen molar-refractivity contribution in [3.05, 3.63) is 59.1 Å². The van der Waals surface area contributed by atoms with E-state index in [1.807, 2.05) is 49.3 Å². The molecule has 2 aromatic rings. The van der Waals surface area contributed by atoms with Gasteiger partial charge in [-0.2, -0.15) is 0 Å². The zero-order valence-electron chi connectivity index (χ0n) is 13.7. The molecule has 1 fully saturated rings. The standard InChI is InChI=1S/C18H21ClN4O/c1-23(2)17-9-8-13(19)10-15(17)20-18(24)16-11-14(21-22-16)12-6-4-3-5-7-12/h3-10,14,16,21-22H,11H2,1-2H3,(H,20,24). The third-order valence-corrected chi connectivity index (χ3v) is 4.36. The maximum Gasteiger partial charge on any atom is 0.242 e. The summed E-state index contributed by atoms with van der Waals surface area (Å²) in [6.07, 6.45) is 0.688. The van der Waals surface area contributed by atoms with Crippen molar-refractivity contribution >= 4 is 28.9 Å². The van der Waals surface area contributed by atoms with E-state index in [0.717, 1.165) is 11.3 Å². The second-order valence-electron chi connectivity index (χ2n) is 6.09. The van der Waals surface area contributed by atoms with Crippen molar-refractivity contribution < 1.29 is 4.79 Å². The monoisotopic (exact) mass is 344 g/mol. The molecule has 2 atom stereocenters. The molecule has 0 aliphatic carbocycles. The number of hydrogen-bond acceptors (Lipinski definition) is 4. The van der Waals surface area contributed by atoms with E-state index in [9.17, 15) is 4.79 Å². The molecule has 1 heterocycles. The molecule has 3 rings (SSSR count). The van der Waals surface area contributed by atoms with Crippen molar-refractivity contribution in [2.45, 2.75) is 18.5 Å². The summed E-state index contributed by atoms with van der Waals surface area (Å²) in [6.45, 7) is 0. The molecular weight excluding hydrogens is 324 g/mol. The smallest absolute Gasteiger partial charge is 0.242 e. The third-order valence-electron chi connectivity index (χ3n) is 4.12. The number of amides is 1. The lowest BCUT2D eigenvalue weighted by Gasteiger charge is -2.19. The molecule has 1 aliphatic heterocycles. The van der Waals surface area contributed by atoms with E-state index in [4.69, 9.17) is 11.6 Å². The number of hydrogen-bond donors (Lipinski definition) is 3. The van der Waals surface area contributed by atoms with Gasteiger partial charge in [-0.25, -0.2) is 10.9 Å². The van der Waals surface area contributed by atoms with Crippen LogP contribution in [0, 0.1) is 0 Å². The molecule has 24 heavy (non-hydrogen) atoms. The molecule has 1 saturated heterocycles. The zero-order valence-corrected chi connectivity index (χ0v) is 14.5. The van der Waals surface area contributed by atoms with E-state index in [2.05, 4.69) is 28.3 Å². The maximum absolute atomic E-state index is 12.6. The van der Waals surface area contributed by atoms with Gasteiger partial charge in [-0.1, -0.05) is 41.9 Å². The van der Waals surface area contributed by atoms with Crippen molar-refractivity contribution in [1.29, 1.82) is 0 Å². The van der Waals surface area contributed by atoms with Crippen LogP contribution in [0.15, 0.2) is 48.5 Å². The van der Waals surface area contributed by atoms with E-state index in [1.54, 1.807) is 6.07 Å². The minimum absolute atomic E-state index is 0.0775. The molecule has 126 valence electrons. The molecule has 0 radical (unpaired) electrons. The number of nitrogens with one attached hydrogen (secondary N) is 3. The minimum Gasteiger partial charge on any atom is -0.376 e. The number of hydrazine groups is 1. The Bertz CT molecular complexity index is 720. The van der Waals surface area contributed by atoms with Crippen molar-refractivity contribution in [2.24, 2.45) is 0 Å². The van der Waals surface area contributed by atoms with Crippen LogP contribution in [0.1, 0.15) is 18.0 Å². The van der Waals surface area contributed by atoms with Crippen molar-refractivity contribution in [3.63, 3.8) is 0 Å². The molecule has 3 N–H and O–H groups in total. The van der Waals surface area contributed by atoms with Crippen molar-refractivity contribution in [1.82, 2.24) is 10.9 Å². The number of benzene rings is 2. The fourth-order valence-corrected chi connectivity index (χ4v) is 3.02. The summed E-state index contributed by atoms with van der Waals surface area (Å²) in [6, 6.07) is 15.4. The fraction of sp³-hybridized carbons (Fsp3) is 0.278. The van der Waals surface area contributed by atoms with Crippen LogP contribution < -0.4 is 21.1 Å². The SMILES string of the molecule is CN(C)c1ccc(Cl)cc1NC(=O)C1CC(c2ccccc2)NN1. The van der Waals surface area contributed by atoms with E-state index < -0.39 is 0 Å². The summed E-state index contributed by atoms with van der Waals surface area (Å²) in [5, 5.41) is 3.57. The van der Waals surface area contributed by atoms with Gasteiger partial charge in [0.05, 0.1) is 11.4 Å². The minimum atomic E-state index is -0.302. The number of carbonyl (C=O) groups is 1. The first-order valence-corrected chi connectivity index (χ1v) is 8.26. The molecule has 0 spiro atoms. The summed E-state index contributed by atoms with van der Waals surface area (Å²) < 4.78 is 0. The van der Waals surface area contributed by atoms with E-state index in [0.29, 0.717) is 17.1 Å². The van der Waals surface area contributed by atoms with Gasteiger partial charge in [0.25, 0.3) is 0 Å². The average Bonchev–Trinajstić information content (AvgIpc) is 3.05. The number of carbonyl (C=O) groups excluding carboxylic acids is 1. The van der Waals surface area contributed by atoms with Crippen LogP contribution in [-0.2, 0) is 4.79 Å². The highest BCUT2D eigenvalue weighted by molar-refractivity contribution is 6.31. The van der Waals surface area contributed by atoms with Crippen LogP contribution in [0.2, 0.25) is 5.02 Å². The van der Waals surface area contributed by atoms with Crippen LogP contribution >= 0.6 is 11.6 Å². The summed E-state index contributed by atoms with van der Waals surface area (Å²) in [7, 11) is 3.86. The molecular formula is C18H21ClN4O. The van der Waals surface area contributed by atoms with Gasteiger partial charge in [0.2, 0.25) is 5.91 Å². The van der Waals surface area contributed by atoms with Gasteiger partial charge in [0.15, 0.2) is 0 Å². The first-order chi connectivity index (χ1) is 11.5. The molecule has 2 aromatic carbocycles. The van der Waals surface area contributed by atoms with Gasteiger partial charge in [-0.15, -0.1) is 0 Å². The molecule has 0 bridgehead atoms. The number of halogens is 1. The third kappa shape index (κ3) is 3.70. The van der Waals surface area contributed by atoms with E-state index in [-0.39, 0.29) is 18.0 Å². The largest absolute Gasteiger partial charge is 0.376 e. The second-order valence-corrected chi connectivity index (χ2v) is 6.52. The Balaban J connectivity index is 1.69. The quantitative estimate of drug-likeness (QED) is 0.798. The Labute approximate surface area is 147 Å². The normalized spacial score (nSPS) is 20.0. The number of nitrogens with zero attached hydrogens (tertiary/aromatic N) is 1. The second kappa shape index (κ2) is 7.21. The van der Waals surface area contributed by atoms with Crippen molar-refractivity contribution in [2.75, 3.05) is 24.3 Å². The summed E-state index contributed by atoms with van der Waals surface area (Å²) in [4.78, 5) is 14.5. The summed E-state index contributed by atoms with van der Waals surface area (Å²) in [5.74, 6) is -0.0775. The molecule has 0 saturated carbocycles. The van der Waals surface area contributed by atoms with Gasteiger partial charge in [-0.05, 0) is 30.2 Å². The topological polar surface area (TPSA) is 56.4 Å². The van der Waals surface area contributed by atoms with Gasteiger partial charge < -0.3 is 10.2 Å². The molecule has 5 nitrogen and oxygen atoms in total. The molecule has 1 aliphatic rings. The van der Waals surface area contributed by atoms with Crippen LogP contribution in [-0.4, -0.2) is 26.0 Å². The molecule has 6 heteroatoms. The summed E-state index contributed by atoms with van der Waals surface area (Å²) >= 11 is 6.07. The van der Waals surface area contributed by atoms with Gasteiger partial charge in [0.1, 0.15) is 6.04 Å². The van der Waals surface area contributed by atoms with E-state index >= 15 is 0 Å². The Kier molecular flexibility index (Phi) is 5.04. The van der Waals surface area contributed by atoms with E-state index in [1.165, 1.54) is 0 Å². The van der Waals surface area contributed by atoms with Crippen LogP contribution in [0.5, 0.6) is 0 Å². The zero-order chi connectivity index (χ0) is 17.1. The molecule has 0 aromatic heterocycles. The number of rotatable bonds is 4. The van der Waals surface area contributed by atoms with Crippen molar-refractivity contribution in [3.8, 4) is 0 Å². The highest BCUT2D eigenvalue weighted by Crippen LogP contribution is 2.29. The lowest BCUT2D eigenvalue weighted by atomic mass is 10.0. The number of anilines is 2. The molecule has 2 unspecified atom stereocenters. The van der Waals surface area contributed by atoms with Gasteiger partial charge >= 0.3 is 0 Å². The Hall–Kier alpha value is -2.08. The predicted octanol–water partition coefficient (Wildman–Crippen LogP) is 2.95. The summed E-state index contributed by atoms with van der Waals surface area (Å²) in [5.41, 5.74) is 9.06. The Morgan fingerprint density at radius 3 is 2.62 bits per heavy atom. The van der Waals surface area contributed by atoms with Crippen LogP contribution in [0.25, 0.3) is 0 Å².